The highest BCUT2D eigenvalue weighted by atomic mass is 19.4. The molecule has 5 heteroatoms. The predicted molar refractivity (Wildman–Crippen MR) is 79.1 cm³/mol. The second-order valence-corrected chi connectivity index (χ2v) is 5.04. The Morgan fingerprint density at radius 3 is 2.38 bits per heavy atom. The SMILES string of the molecule is CC(Cc1ccccc1)Nc1ccc(N)cc1C(F)(F)F. The molecule has 2 aromatic rings. The largest absolute Gasteiger partial charge is 0.418 e. The summed E-state index contributed by atoms with van der Waals surface area (Å²) in [6.45, 7) is 1.85. The molecule has 0 bridgehead atoms. The molecule has 0 aliphatic carbocycles. The fraction of sp³-hybridized carbons (Fsp3) is 0.250. The van der Waals surface area contributed by atoms with Crippen molar-refractivity contribution in [1.29, 1.82) is 0 Å². The van der Waals surface area contributed by atoms with Gasteiger partial charge in [0.1, 0.15) is 0 Å². The molecule has 2 nitrogen and oxygen atoms in total. The number of nitrogens with two attached hydrogens (primary N) is 1. The molecule has 0 spiro atoms. The highest BCUT2D eigenvalue weighted by molar-refractivity contribution is 5.59. The van der Waals surface area contributed by atoms with Gasteiger partial charge in [0, 0.05) is 17.4 Å². The van der Waals surface area contributed by atoms with Gasteiger partial charge in [-0.1, -0.05) is 30.3 Å². The Morgan fingerprint density at radius 1 is 1.10 bits per heavy atom. The number of rotatable bonds is 4. The van der Waals surface area contributed by atoms with Crippen molar-refractivity contribution >= 4 is 11.4 Å². The highest BCUT2D eigenvalue weighted by Crippen LogP contribution is 2.36. The van der Waals surface area contributed by atoms with Crippen LogP contribution in [-0.4, -0.2) is 6.04 Å². The summed E-state index contributed by atoms with van der Waals surface area (Å²) in [5.41, 5.74) is 5.94. The molecule has 0 aromatic heterocycles. The lowest BCUT2D eigenvalue weighted by molar-refractivity contribution is -0.136. The molecule has 3 N–H and O–H groups in total. The van der Waals surface area contributed by atoms with E-state index in [0.29, 0.717) is 6.42 Å². The first-order valence-corrected chi connectivity index (χ1v) is 6.63. The number of nitrogen functional groups attached to an aromatic ring is 1. The summed E-state index contributed by atoms with van der Waals surface area (Å²) in [7, 11) is 0. The van der Waals surface area contributed by atoms with Crippen LogP contribution in [0.25, 0.3) is 0 Å². The quantitative estimate of drug-likeness (QED) is 0.824. The van der Waals surface area contributed by atoms with Gasteiger partial charge in [-0.05, 0) is 37.1 Å². The van der Waals surface area contributed by atoms with Crippen molar-refractivity contribution in [2.75, 3.05) is 11.1 Å². The molecule has 21 heavy (non-hydrogen) atoms. The molecule has 0 radical (unpaired) electrons. The molecule has 0 amide bonds. The van der Waals surface area contributed by atoms with Gasteiger partial charge >= 0.3 is 6.18 Å². The summed E-state index contributed by atoms with van der Waals surface area (Å²) in [6, 6.07) is 13.3. The molecular weight excluding hydrogens is 277 g/mol. The summed E-state index contributed by atoms with van der Waals surface area (Å²) in [4.78, 5) is 0. The molecule has 0 heterocycles. The van der Waals surface area contributed by atoms with E-state index in [1.807, 2.05) is 37.3 Å². The van der Waals surface area contributed by atoms with Crippen molar-refractivity contribution in [1.82, 2.24) is 0 Å². The van der Waals surface area contributed by atoms with Crippen LogP contribution in [0.15, 0.2) is 48.5 Å². The lowest BCUT2D eigenvalue weighted by atomic mass is 10.1. The summed E-state index contributed by atoms with van der Waals surface area (Å²) in [5.74, 6) is 0. The van der Waals surface area contributed by atoms with Crippen molar-refractivity contribution in [2.24, 2.45) is 0 Å². The Kier molecular flexibility index (Phi) is 4.40. The number of halogens is 3. The third-order valence-corrected chi connectivity index (χ3v) is 3.14. The zero-order valence-corrected chi connectivity index (χ0v) is 11.6. The van der Waals surface area contributed by atoms with Crippen molar-refractivity contribution in [3.05, 3.63) is 59.7 Å². The standard InChI is InChI=1S/C16H17F3N2/c1-11(9-12-5-3-2-4-6-12)21-15-8-7-13(20)10-14(15)16(17,18)19/h2-8,10-11,21H,9,20H2,1H3. The van der Waals surface area contributed by atoms with Crippen molar-refractivity contribution in [2.45, 2.75) is 25.6 Å². The minimum absolute atomic E-state index is 0.0557. The Morgan fingerprint density at radius 2 is 1.76 bits per heavy atom. The Bertz CT molecular complexity index is 594. The van der Waals surface area contributed by atoms with E-state index >= 15 is 0 Å². The summed E-state index contributed by atoms with van der Waals surface area (Å²) >= 11 is 0. The number of hydrogen-bond donors (Lipinski definition) is 2. The summed E-state index contributed by atoms with van der Waals surface area (Å²) < 4.78 is 39.0. The molecule has 2 aromatic carbocycles. The first kappa shape index (κ1) is 15.2. The van der Waals surface area contributed by atoms with E-state index in [-0.39, 0.29) is 17.4 Å². The zero-order valence-electron chi connectivity index (χ0n) is 11.6. The van der Waals surface area contributed by atoms with E-state index in [9.17, 15) is 13.2 Å². The lowest BCUT2D eigenvalue weighted by Gasteiger charge is -2.20. The van der Waals surface area contributed by atoms with Gasteiger partial charge < -0.3 is 11.1 Å². The molecule has 0 saturated heterocycles. The topological polar surface area (TPSA) is 38.0 Å². The van der Waals surface area contributed by atoms with Crippen LogP contribution in [-0.2, 0) is 12.6 Å². The fourth-order valence-corrected chi connectivity index (χ4v) is 2.21. The molecule has 0 aliphatic heterocycles. The van der Waals surface area contributed by atoms with Gasteiger partial charge in [0.15, 0.2) is 0 Å². The lowest BCUT2D eigenvalue weighted by Crippen LogP contribution is -2.21. The number of hydrogen-bond acceptors (Lipinski definition) is 2. The monoisotopic (exact) mass is 294 g/mol. The van der Waals surface area contributed by atoms with Gasteiger partial charge in [0.05, 0.1) is 5.56 Å². The third kappa shape index (κ3) is 4.15. The van der Waals surface area contributed by atoms with Crippen LogP contribution in [0.4, 0.5) is 24.5 Å². The van der Waals surface area contributed by atoms with Crippen LogP contribution in [0.3, 0.4) is 0 Å². The molecule has 112 valence electrons. The average Bonchev–Trinajstić information content (AvgIpc) is 2.40. The van der Waals surface area contributed by atoms with E-state index in [2.05, 4.69) is 5.32 Å². The molecule has 2 rings (SSSR count). The Hall–Kier alpha value is -2.17. The highest BCUT2D eigenvalue weighted by Gasteiger charge is 2.33. The average molecular weight is 294 g/mol. The summed E-state index contributed by atoms with van der Waals surface area (Å²) in [6.07, 6.45) is -3.79. The van der Waals surface area contributed by atoms with Gasteiger partial charge in [-0.2, -0.15) is 13.2 Å². The molecular formula is C16H17F3N2. The Labute approximate surface area is 121 Å². The first-order chi connectivity index (χ1) is 9.86. The van der Waals surface area contributed by atoms with Crippen molar-refractivity contribution in [3.63, 3.8) is 0 Å². The third-order valence-electron chi connectivity index (χ3n) is 3.14. The van der Waals surface area contributed by atoms with Crippen molar-refractivity contribution in [3.8, 4) is 0 Å². The summed E-state index contributed by atoms with van der Waals surface area (Å²) in [5, 5.41) is 2.92. The minimum Gasteiger partial charge on any atom is -0.399 e. The van der Waals surface area contributed by atoms with E-state index in [4.69, 9.17) is 5.73 Å². The van der Waals surface area contributed by atoms with E-state index < -0.39 is 11.7 Å². The van der Waals surface area contributed by atoms with E-state index in [0.717, 1.165) is 11.6 Å². The van der Waals surface area contributed by atoms with E-state index in [1.165, 1.54) is 12.1 Å². The van der Waals surface area contributed by atoms with Gasteiger partial charge in [0.2, 0.25) is 0 Å². The van der Waals surface area contributed by atoms with Gasteiger partial charge in [-0.3, -0.25) is 0 Å². The zero-order chi connectivity index (χ0) is 15.5. The maximum atomic E-state index is 13.0. The predicted octanol–water partition coefficient (Wildman–Crippen LogP) is 4.33. The van der Waals surface area contributed by atoms with Crippen molar-refractivity contribution < 1.29 is 13.2 Å². The van der Waals surface area contributed by atoms with Crippen LogP contribution in [0.1, 0.15) is 18.1 Å². The van der Waals surface area contributed by atoms with Crippen LogP contribution in [0, 0.1) is 0 Å². The molecule has 1 unspecified atom stereocenters. The maximum Gasteiger partial charge on any atom is 0.418 e. The number of anilines is 2. The second-order valence-electron chi connectivity index (χ2n) is 5.04. The van der Waals surface area contributed by atoms with E-state index in [1.54, 1.807) is 0 Å². The minimum atomic E-state index is -4.43. The van der Waals surface area contributed by atoms with Gasteiger partial charge in [-0.15, -0.1) is 0 Å². The van der Waals surface area contributed by atoms with Crippen LogP contribution < -0.4 is 11.1 Å². The second kappa shape index (κ2) is 6.08. The first-order valence-electron chi connectivity index (χ1n) is 6.63. The maximum absolute atomic E-state index is 13.0. The Balaban J connectivity index is 2.16. The molecule has 0 aliphatic rings. The smallest absolute Gasteiger partial charge is 0.399 e. The molecule has 1 atom stereocenters. The van der Waals surface area contributed by atoms with Crippen LogP contribution in [0.5, 0.6) is 0 Å². The normalized spacial score (nSPS) is 13.0. The van der Waals surface area contributed by atoms with Crippen LogP contribution in [0.2, 0.25) is 0 Å². The number of benzene rings is 2. The fourth-order valence-electron chi connectivity index (χ4n) is 2.21. The van der Waals surface area contributed by atoms with Gasteiger partial charge in [-0.25, -0.2) is 0 Å². The van der Waals surface area contributed by atoms with Crippen LogP contribution >= 0.6 is 0 Å². The number of alkyl halides is 3. The number of nitrogens with one attached hydrogen (secondary N) is 1. The molecule has 0 fully saturated rings. The van der Waals surface area contributed by atoms with Gasteiger partial charge in [0.25, 0.3) is 0 Å². The molecule has 0 saturated carbocycles.